The van der Waals surface area contributed by atoms with E-state index in [-0.39, 0.29) is 0 Å². The van der Waals surface area contributed by atoms with Gasteiger partial charge in [0, 0.05) is 5.92 Å². The van der Waals surface area contributed by atoms with E-state index < -0.39 is 53.1 Å². The number of aromatic nitrogens is 2. The van der Waals surface area contributed by atoms with E-state index in [1.165, 1.54) is 6.92 Å². The molecule has 1 aliphatic carbocycles. The van der Waals surface area contributed by atoms with Crippen molar-refractivity contribution in [1.29, 1.82) is 0 Å². The summed E-state index contributed by atoms with van der Waals surface area (Å²) in [5.41, 5.74) is 2.02. The van der Waals surface area contributed by atoms with E-state index in [1.807, 2.05) is 0 Å². The molecule has 0 unspecified atom stereocenters. The smallest absolute Gasteiger partial charge is 0.352 e. The van der Waals surface area contributed by atoms with Crippen molar-refractivity contribution in [3.8, 4) is 0 Å². The third-order valence-electron chi connectivity index (χ3n) is 4.14. The van der Waals surface area contributed by atoms with Gasteiger partial charge in [0.15, 0.2) is 17.4 Å². The van der Waals surface area contributed by atoms with Gasteiger partial charge in [-0.1, -0.05) is 0 Å². The fourth-order valence-electron chi connectivity index (χ4n) is 2.75. The van der Waals surface area contributed by atoms with Gasteiger partial charge in [-0.3, -0.25) is 9.36 Å². The Bertz CT molecular complexity index is 689. The first kappa shape index (κ1) is 15.1. The van der Waals surface area contributed by atoms with Crippen LogP contribution in [-0.2, 0) is 15.3 Å². The number of anilines is 1. The number of ether oxygens (including phenoxy) is 1. The summed E-state index contributed by atoms with van der Waals surface area (Å²) in [6, 6.07) is 0. The average molecular weight is 313 g/mol. The van der Waals surface area contributed by atoms with Crippen LogP contribution in [0.4, 0.5) is 10.2 Å². The maximum atomic E-state index is 13.7. The molecule has 1 aliphatic heterocycles. The number of hydrogen-bond acceptors (Lipinski definition) is 7. The second kappa shape index (κ2) is 4.83. The number of nitrogens with zero attached hydrogens (tertiary/aromatic N) is 2. The van der Waals surface area contributed by atoms with Gasteiger partial charge in [0.1, 0.15) is 12.2 Å². The predicted octanol–water partition coefficient (Wildman–Crippen LogP) is -1.26. The van der Waals surface area contributed by atoms with Crippen molar-refractivity contribution in [1.82, 2.24) is 9.55 Å². The molecule has 0 bridgehead atoms. The van der Waals surface area contributed by atoms with Crippen LogP contribution >= 0.6 is 0 Å². The first-order valence-corrected chi connectivity index (χ1v) is 6.92. The summed E-state index contributed by atoms with van der Waals surface area (Å²) in [6.07, 6.45) is -2.17. The molecule has 1 aromatic heterocycles. The Hall–Kier alpha value is -1.84. The fourth-order valence-corrected chi connectivity index (χ4v) is 2.75. The third kappa shape index (κ3) is 1.97. The van der Waals surface area contributed by atoms with E-state index in [4.69, 9.17) is 10.5 Å². The van der Waals surface area contributed by atoms with Crippen LogP contribution in [0.3, 0.4) is 0 Å². The Morgan fingerprint density at radius 2 is 2.18 bits per heavy atom. The minimum atomic E-state index is -2.18. The van der Waals surface area contributed by atoms with E-state index in [2.05, 4.69) is 4.98 Å². The summed E-state index contributed by atoms with van der Waals surface area (Å²) in [7, 11) is 0. The Balaban J connectivity index is 2.21. The lowest BCUT2D eigenvalue weighted by atomic mass is 9.95. The summed E-state index contributed by atoms with van der Waals surface area (Å²) in [6.45, 7) is 1.45. The van der Waals surface area contributed by atoms with Crippen LogP contribution in [0.25, 0.3) is 0 Å². The SMILES string of the molecule is C[C@H]1O[C@@](C(=O)C2CC2)(n2cc(F)c(N)nc2=O)[C@H](O)[C@@H]1O. The number of aliphatic hydroxyl groups excluding tert-OH is 2. The first-order chi connectivity index (χ1) is 10.3. The largest absolute Gasteiger partial charge is 0.387 e. The monoisotopic (exact) mass is 313 g/mol. The fraction of sp³-hybridized carbons (Fsp3) is 0.615. The number of hydrogen-bond donors (Lipinski definition) is 3. The highest BCUT2D eigenvalue weighted by Gasteiger charge is 2.62. The van der Waals surface area contributed by atoms with Crippen LogP contribution in [0.5, 0.6) is 0 Å². The molecule has 2 heterocycles. The van der Waals surface area contributed by atoms with Crippen molar-refractivity contribution in [2.24, 2.45) is 5.92 Å². The molecular formula is C13H16FN3O5. The molecule has 8 nitrogen and oxygen atoms in total. The second-order valence-electron chi connectivity index (χ2n) is 5.72. The minimum Gasteiger partial charge on any atom is -0.387 e. The van der Waals surface area contributed by atoms with Gasteiger partial charge in [-0.15, -0.1) is 0 Å². The van der Waals surface area contributed by atoms with Crippen molar-refractivity contribution in [2.75, 3.05) is 5.73 Å². The average Bonchev–Trinajstić information content (AvgIpc) is 3.27. The lowest BCUT2D eigenvalue weighted by molar-refractivity contribution is -0.174. The molecule has 4 atom stereocenters. The molecule has 0 radical (unpaired) electrons. The number of halogens is 1. The molecule has 2 aliphatic rings. The molecule has 4 N–H and O–H groups in total. The van der Waals surface area contributed by atoms with Crippen molar-refractivity contribution in [3.05, 3.63) is 22.5 Å². The van der Waals surface area contributed by atoms with Gasteiger partial charge in [-0.25, -0.2) is 9.18 Å². The van der Waals surface area contributed by atoms with Gasteiger partial charge >= 0.3 is 5.69 Å². The van der Waals surface area contributed by atoms with Crippen molar-refractivity contribution >= 4 is 11.6 Å². The number of carbonyl (C=O) groups excluding carboxylic acids is 1. The van der Waals surface area contributed by atoms with Crippen LogP contribution in [0.2, 0.25) is 0 Å². The zero-order valence-corrected chi connectivity index (χ0v) is 11.8. The van der Waals surface area contributed by atoms with Crippen LogP contribution in [0.15, 0.2) is 11.0 Å². The van der Waals surface area contributed by atoms with Crippen LogP contribution in [0.1, 0.15) is 19.8 Å². The highest BCUT2D eigenvalue weighted by molar-refractivity contribution is 5.90. The van der Waals surface area contributed by atoms with E-state index in [9.17, 15) is 24.2 Å². The summed E-state index contributed by atoms with van der Waals surface area (Å²) in [5.74, 6) is -2.61. The van der Waals surface area contributed by atoms with Gasteiger partial charge in [0.2, 0.25) is 5.72 Å². The molecule has 0 aromatic carbocycles. The molecule has 3 rings (SSSR count). The van der Waals surface area contributed by atoms with Gasteiger partial charge in [-0.05, 0) is 19.8 Å². The first-order valence-electron chi connectivity index (χ1n) is 6.92. The maximum absolute atomic E-state index is 13.7. The molecule has 22 heavy (non-hydrogen) atoms. The molecule has 2 fully saturated rings. The molecule has 9 heteroatoms. The van der Waals surface area contributed by atoms with E-state index >= 15 is 0 Å². The van der Waals surface area contributed by atoms with Gasteiger partial charge in [0.05, 0.1) is 12.3 Å². The molecule has 0 spiro atoms. The summed E-state index contributed by atoms with van der Waals surface area (Å²) in [4.78, 5) is 28.0. The topological polar surface area (TPSA) is 128 Å². The normalized spacial score (nSPS) is 34.8. The van der Waals surface area contributed by atoms with Crippen molar-refractivity contribution in [2.45, 2.75) is 43.8 Å². The van der Waals surface area contributed by atoms with Crippen LogP contribution in [-0.4, -0.2) is 43.9 Å². The molecule has 1 aromatic rings. The number of nitrogen functional groups attached to an aromatic ring is 1. The Labute approximate surface area is 124 Å². The minimum absolute atomic E-state index is 0.403. The van der Waals surface area contributed by atoms with E-state index in [1.54, 1.807) is 0 Å². The Morgan fingerprint density at radius 1 is 1.55 bits per heavy atom. The molecule has 0 amide bonds. The molecule has 120 valence electrons. The van der Waals surface area contributed by atoms with E-state index in [0.29, 0.717) is 23.6 Å². The second-order valence-corrected chi connectivity index (χ2v) is 5.72. The van der Waals surface area contributed by atoms with Gasteiger partial charge in [0.25, 0.3) is 0 Å². The van der Waals surface area contributed by atoms with Gasteiger partial charge < -0.3 is 20.7 Å². The zero-order chi connectivity index (χ0) is 16.2. The highest BCUT2D eigenvalue weighted by Crippen LogP contribution is 2.43. The van der Waals surface area contributed by atoms with Gasteiger partial charge in [-0.2, -0.15) is 4.98 Å². The van der Waals surface area contributed by atoms with Crippen LogP contribution in [0, 0.1) is 11.7 Å². The molecule has 1 saturated heterocycles. The summed E-state index contributed by atoms with van der Waals surface area (Å²) >= 11 is 0. The lowest BCUT2D eigenvalue weighted by Crippen LogP contribution is -2.56. The standard InChI is InChI=1S/C13H16FN3O5/c1-5-8(18)10(20)13(22-5,9(19)6-2-3-6)17-4-7(14)11(15)16-12(17)21/h4-6,8,10,18,20H,2-3H2,1H3,(H2,15,16,21)/t5-,8-,10-,13-/m1/s1. The maximum Gasteiger partial charge on any atom is 0.352 e. The number of rotatable bonds is 3. The zero-order valence-electron chi connectivity index (χ0n) is 11.8. The van der Waals surface area contributed by atoms with E-state index in [0.717, 1.165) is 0 Å². The quantitative estimate of drug-likeness (QED) is 0.635. The number of Topliss-reactive ketones (excluding diaryl/α,β-unsaturated/α-hetero) is 1. The Morgan fingerprint density at radius 3 is 2.68 bits per heavy atom. The number of nitrogens with two attached hydrogens (primary N) is 1. The number of aliphatic hydroxyl groups is 2. The Kier molecular flexibility index (Phi) is 3.31. The molecule has 1 saturated carbocycles. The summed E-state index contributed by atoms with van der Waals surface area (Å²) < 4.78 is 19.8. The predicted molar refractivity (Wildman–Crippen MR) is 71.1 cm³/mol. The number of carbonyl (C=O) groups is 1. The third-order valence-corrected chi connectivity index (χ3v) is 4.14. The lowest BCUT2D eigenvalue weighted by Gasteiger charge is -2.32. The van der Waals surface area contributed by atoms with Crippen molar-refractivity contribution < 1.29 is 24.1 Å². The molecular weight excluding hydrogens is 297 g/mol. The van der Waals surface area contributed by atoms with Crippen molar-refractivity contribution in [3.63, 3.8) is 0 Å². The number of ketones is 1. The van der Waals surface area contributed by atoms with Crippen LogP contribution < -0.4 is 11.4 Å². The summed E-state index contributed by atoms with van der Waals surface area (Å²) in [5, 5.41) is 20.3. The highest BCUT2D eigenvalue weighted by atomic mass is 19.1.